The van der Waals surface area contributed by atoms with Gasteiger partial charge in [0, 0.05) is 11.8 Å². The quantitative estimate of drug-likeness (QED) is 0.132. The molecule has 7 heteroatoms. The van der Waals surface area contributed by atoms with E-state index in [2.05, 4.69) is 24.3 Å². The highest BCUT2D eigenvalue weighted by Gasteiger charge is 2.28. The van der Waals surface area contributed by atoms with Crippen molar-refractivity contribution in [1.29, 1.82) is 0 Å². The molecule has 0 amide bonds. The van der Waals surface area contributed by atoms with Crippen LogP contribution in [0.25, 0.3) is 0 Å². The Morgan fingerprint density at radius 3 is 1.76 bits per heavy atom. The summed E-state index contributed by atoms with van der Waals surface area (Å²) in [4.78, 5) is 11.7. The van der Waals surface area contributed by atoms with Gasteiger partial charge < -0.3 is 5.11 Å². The van der Waals surface area contributed by atoms with E-state index in [4.69, 9.17) is 0 Å². The lowest BCUT2D eigenvalue weighted by Crippen LogP contribution is -2.36. The van der Waals surface area contributed by atoms with E-state index in [0.29, 0.717) is 12.0 Å². The van der Waals surface area contributed by atoms with Crippen LogP contribution < -0.4 is 4.72 Å². The Balaban J connectivity index is 2.10. The summed E-state index contributed by atoms with van der Waals surface area (Å²) in [6, 6.07) is 8.81. The topological polar surface area (TPSA) is 83.5 Å². The number of sulfonamides is 1. The fourth-order valence-electron chi connectivity index (χ4n) is 4.08. The molecule has 0 saturated carbocycles. The van der Waals surface area contributed by atoms with Crippen molar-refractivity contribution in [1.82, 2.24) is 4.72 Å². The Labute approximate surface area is 207 Å². The van der Waals surface area contributed by atoms with E-state index in [1.165, 1.54) is 70.6 Å². The van der Waals surface area contributed by atoms with Gasteiger partial charge in [0.1, 0.15) is 0 Å². The second-order valence-electron chi connectivity index (χ2n) is 9.06. The molecule has 0 aliphatic heterocycles. The first-order chi connectivity index (χ1) is 15.9. The minimum Gasteiger partial charge on any atom is -0.481 e. The Morgan fingerprint density at radius 1 is 0.848 bits per heavy atom. The third kappa shape index (κ3) is 14.7. The molecule has 5 nitrogen and oxygen atoms in total. The molecular formula is C26H45NO4S2. The second-order valence-corrected chi connectivity index (χ2v) is 11.6. The number of carbonyl (C=O) groups is 1. The van der Waals surface area contributed by atoms with E-state index in [9.17, 15) is 18.3 Å². The highest BCUT2D eigenvalue weighted by molar-refractivity contribution is 7.89. The molecule has 0 radical (unpaired) electrons. The predicted octanol–water partition coefficient (Wildman–Crippen LogP) is 6.55. The fourth-order valence-corrected chi connectivity index (χ4v) is 5.76. The molecule has 33 heavy (non-hydrogen) atoms. The van der Waals surface area contributed by atoms with Crippen molar-refractivity contribution in [2.75, 3.05) is 12.3 Å². The number of aliphatic carboxylic acids is 1. The second kappa shape index (κ2) is 18.3. The Morgan fingerprint density at radius 2 is 1.30 bits per heavy atom. The van der Waals surface area contributed by atoms with Gasteiger partial charge in [0.05, 0.1) is 11.7 Å². The van der Waals surface area contributed by atoms with Crippen LogP contribution in [0.1, 0.15) is 108 Å². The number of carboxylic acids is 1. The fraction of sp³-hybridized carbons (Fsp3) is 0.731. The highest BCUT2D eigenvalue weighted by atomic mass is 32.2. The summed E-state index contributed by atoms with van der Waals surface area (Å²) in [5.41, 5.74) is 0.621. The molecule has 1 aromatic carbocycles. The van der Waals surface area contributed by atoms with Gasteiger partial charge in [0.2, 0.25) is 10.0 Å². The number of carboxylic acid groups (broad SMARTS) is 1. The minimum absolute atomic E-state index is 0.00406. The summed E-state index contributed by atoms with van der Waals surface area (Å²) < 4.78 is 27.1. The Bertz CT molecular complexity index is 725. The van der Waals surface area contributed by atoms with Crippen LogP contribution in [0.4, 0.5) is 0 Å². The van der Waals surface area contributed by atoms with Gasteiger partial charge in [0.25, 0.3) is 0 Å². The Hall–Kier alpha value is -1.05. The van der Waals surface area contributed by atoms with Crippen LogP contribution in [0.5, 0.6) is 0 Å². The van der Waals surface area contributed by atoms with Crippen molar-refractivity contribution in [3.63, 3.8) is 0 Å². The molecule has 1 rings (SSSR count). The molecular weight excluding hydrogens is 454 g/mol. The van der Waals surface area contributed by atoms with Gasteiger partial charge in [-0.3, -0.25) is 4.79 Å². The zero-order valence-corrected chi connectivity index (χ0v) is 22.1. The first kappa shape index (κ1) is 30.0. The lowest BCUT2D eigenvalue weighted by Gasteiger charge is -2.20. The number of nitrogens with one attached hydrogen (secondary N) is 1. The number of rotatable bonds is 21. The van der Waals surface area contributed by atoms with Crippen molar-refractivity contribution in [2.45, 2.75) is 108 Å². The molecule has 190 valence electrons. The van der Waals surface area contributed by atoms with Gasteiger partial charge in [-0.15, -0.1) is 0 Å². The SMILES string of the molecule is CCCCCCCCCCCCCCCCS(=O)(=O)NCC(S)C(C(=O)O)c1ccccc1. The first-order valence-corrected chi connectivity index (χ1v) is 15.0. The van der Waals surface area contributed by atoms with Crippen LogP contribution in [-0.4, -0.2) is 37.0 Å². The molecule has 2 atom stereocenters. The molecule has 2 N–H and O–H groups in total. The molecule has 0 saturated heterocycles. The third-order valence-corrected chi connectivity index (χ3v) is 8.00. The number of benzene rings is 1. The van der Waals surface area contributed by atoms with Crippen molar-refractivity contribution < 1.29 is 18.3 Å². The van der Waals surface area contributed by atoms with Gasteiger partial charge in [-0.25, -0.2) is 13.1 Å². The summed E-state index contributed by atoms with van der Waals surface area (Å²) in [7, 11) is -3.43. The van der Waals surface area contributed by atoms with E-state index >= 15 is 0 Å². The van der Waals surface area contributed by atoms with Crippen LogP contribution in [0.15, 0.2) is 30.3 Å². The lowest BCUT2D eigenvalue weighted by atomic mass is 9.95. The van der Waals surface area contributed by atoms with Crippen LogP contribution in [-0.2, 0) is 14.8 Å². The first-order valence-electron chi connectivity index (χ1n) is 12.8. The zero-order chi connectivity index (χ0) is 24.4. The average molecular weight is 500 g/mol. The van der Waals surface area contributed by atoms with Crippen molar-refractivity contribution >= 4 is 28.6 Å². The number of hydrogen-bond acceptors (Lipinski definition) is 4. The summed E-state index contributed by atoms with van der Waals surface area (Å²) in [6.07, 6.45) is 17.1. The summed E-state index contributed by atoms with van der Waals surface area (Å²) in [5, 5.41) is 8.90. The maximum absolute atomic E-state index is 12.3. The number of thiol groups is 1. The molecule has 0 fully saturated rings. The minimum atomic E-state index is -3.43. The van der Waals surface area contributed by atoms with Crippen molar-refractivity contribution in [3.05, 3.63) is 35.9 Å². The molecule has 0 aromatic heterocycles. The van der Waals surface area contributed by atoms with E-state index in [0.717, 1.165) is 12.8 Å². The van der Waals surface area contributed by atoms with Crippen LogP contribution in [0.3, 0.4) is 0 Å². The number of unbranched alkanes of at least 4 members (excludes halogenated alkanes) is 13. The average Bonchev–Trinajstić information content (AvgIpc) is 2.78. The van der Waals surface area contributed by atoms with E-state index in [1.807, 2.05) is 6.07 Å². The normalized spacial score (nSPS) is 13.6. The smallest absolute Gasteiger partial charge is 0.312 e. The maximum Gasteiger partial charge on any atom is 0.312 e. The van der Waals surface area contributed by atoms with Crippen LogP contribution >= 0.6 is 12.6 Å². The van der Waals surface area contributed by atoms with Gasteiger partial charge >= 0.3 is 5.97 Å². The highest BCUT2D eigenvalue weighted by Crippen LogP contribution is 2.23. The largest absolute Gasteiger partial charge is 0.481 e. The number of hydrogen-bond donors (Lipinski definition) is 3. The molecule has 1 aromatic rings. The predicted molar refractivity (Wildman–Crippen MR) is 142 cm³/mol. The monoisotopic (exact) mass is 499 g/mol. The molecule has 0 bridgehead atoms. The van der Waals surface area contributed by atoms with Gasteiger partial charge in [-0.05, 0) is 12.0 Å². The van der Waals surface area contributed by atoms with E-state index < -0.39 is 27.2 Å². The molecule has 0 aliphatic rings. The van der Waals surface area contributed by atoms with E-state index in [1.54, 1.807) is 24.3 Å². The van der Waals surface area contributed by atoms with Gasteiger partial charge in [-0.2, -0.15) is 12.6 Å². The lowest BCUT2D eigenvalue weighted by molar-refractivity contribution is -0.138. The molecule has 0 spiro atoms. The molecule has 0 aliphatic carbocycles. The Kier molecular flexibility index (Phi) is 16.6. The molecule has 2 unspecified atom stereocenters. The third-order valence-electron chi connectivity index (χ3n) is 6.09. The summed E-state index contributed by atoms with van der Waals surface area (Å²) >= 11 is 4.38. The van der Waals surface area contributed by atoms with Crippen LogP contribution in [0, 0.1) is 0 Å². The maximum atomic E-state index is 12.3. The summed E-state index contributed by atoms with van der Waals surface area (Å²) in [6.45, 7) is 2.25. The standard InChI is InChI=1S/C26H45NO4S2/c1-2-3-4-5-6-7-8-9-10-11-12-13-14-18-21-33(30,31)27-22-24(32)25(26(28)29)23-19-16-15-17-20-23/h15-17,19-20,24-25,27,32H,2-14,18,21-22H2,1H3,(H,28,29). The van der Waals surface area contributed by atoms with E-state index in [-0.39, 0.29) is 12.3 Å². The summed E-state index contributed by atoms with van der Waals surface area (Å²) in [5.74, 6) is -1.79. The van der Waals surface area contributed by atoms with Crippen LogP contribution in [0.2, 0.25) is 0 Å². The van der Waals surface area contributed by atoms with Gasteiger partial charge in [-0.1, -0.05) is 121 Å². The van der Waals surface area contributed by atoms with Crippen molar-refractivity contribution in [2.24, 2.45) is 0 Å². The molecule has 0 heterocycles. The van der Waals surface area contributed by atoms with Crippen molar-refractivity contribution in [3.8, 4) is 0 Å². The van der Waals surface area contributed by atoms with Gasteiger partial charge in [0.15, 0.2) is 0 Å². The zero-order valence-electron chi connectivity index (χ0n) is 20.4.